The van der Waals surface area contributed by atoms with Gasteiger partial charge in [0.05, 0.1) is 11.8 Å². The fourth-order valence-electron chi connectivity index (χ4n) is 4.84. The summed E-state index contributed by atoms with van der Waals surface area (Å²) in [5.41, 5.74) is 1.59. The molecule has 20 heavy (non-hydrogen) atoms. The average molecular weight is 276 g/mol. The van der Waals surface area contributed by atoms with Gasteiger partial charge in [-0.25, -0.2) is 0 Å². The van der Waals surface area contributed by atoms with Gasteiger partial charge in [-0.2, -0.15) is 0 Å². The largest absolute Gasteiger partial charge is 0.490 e. The molecule has 2 atom stereocenters. The van der Waals surface area contributed by atoms with E-state index in [1.54, 1.807) is 5.57 Å². The summed E-state index contributed by atoms with van der Waals surface area (Å²) in [6.45, 7) is 0. The number of esters is 1. The maximum atomic E-state index is 11.6. The average Bonchev–Trinajstić information content (AvgIpc) is 2.98. The number of hydrogen-bond acceptors (Lipinski definition) is 3. The van der Waals surface area contributed by atoms with Gasteiger partial charge >= 0.3 is 5.97 Å². The van der Waals surface area contributed by atoms with Crippen LogP contribution in [0.4, 0.5) is 0 Å². The van der Waals surface area contributed by atoms with E-state index >= 15 is 0 Å². The Morgan fingerprint density at radius 2 is 1.60 bits per heavy atom. The summed E-state index contributed by atoms with van der Waals surface area (Å²) < 4.78 is 12.0. The third-order valence-corrected chi connectivity index (χ3v) is 5.75. The van der Waals surface area contributed by atoms with Crippen molar-refractivity contribution in [2.75, 3.05) is 0 Å². The Balaban J connectivity index is 1.73. The molecule has 0 aromatic heterocycles. The third kappa shape index (κ3) is 1.82. The SMILES string of the molecule is O=C1C[C@H]2OC(=C3CCCCC3)C3(CCCCC3)[C@H]2O1. The van der Waals surface area contributed by atoms with Crippen LogP contribution >= 0.6 is 0 Å². The second-order valence-electron chi connectivity index (χ2n) is 6.98. The van der Waals surface area contributed by atoms with Crippen LogP contribution in [0.15, 0.2) is 11.3 Å². The number of ether oxygens (including phenoxy) is 2. The molecule has 2 saturated carbocycles. The van der Waals surface area contributed by atoms with E-state index in [1.807, 2.05) is 0 Å². The van der Waals surface area contributed by atoms with Crippen LogP contribution in [0, 0.1) is 5.41 Å². The standard InChI is InChI=1S/C17H24O3/c18-14-11-13-16(20-14)17(9-5-2-6-10-17)15(19-13)12-7-3-1-4-8-12/h13,16H,1-11H2/t13-,16+/m1/s1. The van der Waals surface area contributed by atoms with Crippen molar-refractivity contribution in [2.45, 2.75) is 82.8 Å². The van der Waals surface area contributed by atoms with E-state index in [2.05, 4.69) is 0 Å². The minimum Gasteiger partial charge on any atom is -0.490 e. The summed E-state index contributed by atoms with van der Waals surface area (Å²) in [6.07, 6.45) is 13.0. The number of rotatable bonds is 0. The second-order valence-corrected chi connectivity index (χ2v) is 6.98. The van der Waals surface area contributed by atoms with Crippen molar-refractivity contribution in [1.82, 2.24) is 0 Å². The van der Waals surface area contributed by atoms with Crippen molar-refractivity contribution in [3.8, 4) is 0 Å². The number of carbonyl (C=O) groups is 1. The molecular weight excluding hydrogens is 252 g/mol. The van der Waals surface area contributed by atoms with Gasteiger partial charge in [-0.15, -0.1) is 0 Å². The lowest BCUT2D eigenvalue weighted by Gasteiger charge is -2.37. The first-order valence-corrected chi connectivity index (χ1v) is 8.38. The molecule has 2 aliphatic heterocycles. The van der Waals surface area contributed by atoms with Crippen molar-refractivity contribution in [3.05, 3.63) is 11.3 Å². The molecule has 2 aliphatic carbocycles. The first kappa shape index (κ1) is 12.7. The van der Waals surface area contributed by atoms with Crippen LogP contribution in [0.5, 0.6) is 0 Å². The van der Waals surface area contributed by atoms with Crippen LogP contribution in [-0.2, 0) is 14.3 Å². The Hall–Kier alpha value is -0.990. The molecule has 0 aromatic rings. The monoisotopic (exact) mass is 276 g/mol. The molecule has 0 bridgehead atoms. The summed E-state index contributed by atoms with van der Waals surface area (Å²) in [4.78, 5) is 11.6. The first-order valence-electron chi connectivity index (χ1n) is 8.38. The van der Waals surface area contributed by atoms with Gasteiger partial charge in [-0.1, -0.05) is 25.7 Å². The Kier molecular flexibility index (Phi) is 3.04. The Labute approximate surface area is 120 Å². The zero-order chi connectivity index (χ0) is 13.6. The van der Waals surface area contributed by atoms with Crippen molar-refractivity contribution in [3.63, 3.8) is 0 Å². The van der Waals surface area contributed by atoms with Crippen LogP contribution in [0.1, 0.15) is 70.6 Å². The van der Waals surface area contributed by atoms with Crippen LogP contribution in [-0.4, -0.2) is 18.2 Å². The zero-order valence-electron chi connectivity index (χ0n) is 12.2. The molecule has 110 valence electrons. The highest BCUT2D eigenvalue weighted by atomic mass is 16.6. The Morgan fingerprint density at radius 3 is 2.35 bits per heavy atom. The lowest BCUT2D eigenvalue weighted by molar-refractivity contribution is -0.145. The fraction of sp³-hybridized carbons (Fsp3) is 0.824. The molecule has 4 fully saturated rings. The van der Waals surface area contributed by atoms with Crippen molar-refractivity contribution in [2.24, 2.45) is 5.41 Å². The zero-order valence-corrected chi connectivity index (χ0v) is 12.2. The van der Waals surface area contributed by atoms with Gasteiger partial charge in [-0.05, 0) is 44.1 Å². The number of carbonyl (C=O) groups excluding carboxylic acids is 1. The summed E-state index contributed by atoms with van der Waals surface area (Å²) in [5, 5.41) is 0. The van der Waals surface area contributed by atoms with Gasteiger partial charge in [0.25, 0.3) is 0 Å². The molecule has 2 heterocycles. The van der Waals surface area contributed by atoms with E-state index in [0.29, 0.717) is 6.42 Å². The van der Waals surface area contributed by atoms with E-state index < -0.39 is 0 Å². The second kappa shape index (κ2) is 4.78. The Bertz CT molecular complexity index is 437. The summed E-state index contributed by atoms with van der Waals surface area (Å²) in [6, 6.07) is 0. The van der Waals surface area contributed by atoms with Gasteiger partial charge < -0.3 is 9.47 Å². The lowest BCUT2D eigenvalue weighted by atomic mass is 9.67. The number of hydrogen-bond donors (Lipinski definition) is 0. The molecule has 0 amide bonds. The van der Waals surface area contributed by atoms with Crippen LogP contribution in [0.25, 0.3) is 0 Å². The molecule has 2 saturated heterocycles. The van der Waals surface area contributed by atoms with E-state index in [1.165, 1.54) is 57.1 Å². The van der Waals surface area contributed by atoms with Crippen molar-refractivity contribution >= 4 is 5.97 Å². The molecule has 3 heteroatoms. The van der Waals surface area contributed by atoms with Gasteiger partial charge in [0.2, 0.25) is 0 Å². The normalized spacial score (nSPS) is 35.9. The minimum absolute atomic E-state index is 0.00465. The molecule has 1 spiro atoms. The molecule has 0 radical (unpaired) electrons. The molecule has 0 aromatic carbocycles. The maximum Gasteiger partial charge on any atom is 0.310 e. The number of fused-ring (bicyclic) bond motifs is 2. The van der Waals surface area contributed by atoms with E-state index in [9.17, 15) is 4.79 Å². The molecule has 4 aliphatic rings. The minimum atomic E-state index is -0.0577. The third-order valence-electron chi connectivity index (χ3n) is 5.75. The van der Waals surface area contributed by atoms with E-state index in [-0.39, 0.29) is 23.6 Å². The fourth-order valence-corrected chi connectivity index (χ4v) is 4.84. The van der Waals surface area contributed by atoms with Gasteiger partial charge in [0.1, 0.15) is 11.9 Å². The predicted octanol–water partition coefficient (Wildman–Crippen LogP) is 3.87. The maximum absolute atomic E-state index is 11.6. The molecule has 0 unspecified atom stereocenters. The van der Waals surface area contributed by atoms with E-state index in [0.717, 1.165) is 12.8 Å². The summed E-state index contributed by atoms with van der Waals surface area (Å²) in [5.74, 6) is 1.21. The smallest absolute Gasteiger partial charge is 0.310 e. The van der Waals surface area contributed by atoms with Crippen molar-refractivity contribution < 1.29 is 14.3 Å². The van der Waals surface area contributed by atoms with Gasteiger partial charge in [-0.3, -0.25) is 4.79 Å². The predicted molar refractivity (Wildman–Crippen MR) is 75.0 cm³/mol. The van der Waals surface area contributed by atoms with E-state index in [4.69, 9.17) is 9.47 Å². The quantitative estimate of drug-likeness (QED) is 0.630. The van der Waals surface area contributed by atoms with Crippen LogP contribution in [0.3, 0.4) is 0 Å². The molecule has 4 rings (SSSR count). The molecular formula is C17H24O3. The summed E-state index contributed by atoms with van der Waals surface area (Å²) in [7, 11) is 0. The lowest BCUT2D eigenvalue weighted by Crippen LogP contribution is -2.37. The molecule has 0 N–H and O–H groups in total. The summed E-state index contributed by atoms with van der Waals surface area (Å²) >= 11 is 0. The van der Waals surface area contributed by atoms with Crippen LogP contribution in [0.2, 0.25) is 0 Å². The highest BCUT2D eigenvalue weighted by Gasteiger charge is 2.60. The van der Waals surface area contributed by atoms with Crippen molar-refractivity contribution in [1.29, 1.82) is 0 Å². The van der Waals surface area contributed by atoms with Gasteiger partial charge in [0.15, 0.2) is 6.10 Å². The first-order chi connectivity index (χ1) is 9.79. The Morgan fingerprint density at radius 1 is 0.900 bits per heavy atom. The van der Waals surface area contributed by atoms with Crippen LogP contribution < -0.4 is 0 Å². The molecule has 3 nitrogen and oxygen atoms in total. The number of allylic oxidation sites excluding steroid dienone is 1. The van der Waals surface area contributed by atoms with Gasteiger partial charge in [0, 0.05) is 0 Å². The topological polar surface area (TPSA) is 35.5 Å². The highest BCUT2D eigenvalue weighted by molar-refractivity contribution is 5.73. The highest BCUT2D eigenvalue weighted by Crippen LogP contribution is 2.57.